The second kappa shape index (κ2) is 4.94. The van der Waals surface area contributed by atoms with Crippen molar-refractivity contribution in [2.45, 2.75) is 4.90 Å². The lowest BCUT2D eigenvalue weighted by molar-refractivity contribution is 0.602. The van der Waals surface area contributed by atoms with E-state index in [9.17, 15) is 8.42 Å². The van der Waals surface area contributed by atoms with Gasteiger partial charge in [-0.2, -0.15) is 5.10 Å². The summed E-state index contributed by atoms with van der Waals surface area (Å²) in [6, 6.07) is 3.11. The Morgan fingerprint density at radius 1 is 1.29 bits per heavy atom. The molecule has 0 fully saturated rings. The average Bonchev–Trinajstić information content (AvgIpc) is 2.96. The largest absolute Gasteiger partial charge is 0.360 e. The second-order valence-corrected chi connectivity index (χ2v) is 6.94. The number of nitrogens with zero attached hydrogens (tertiary/aromatic N) is 2. The molecule has 0 spiro atoms. The van der Waals surface area contributed by atoms with Gasteiger partial charge in [0.1, 0.15) is 4.90 Å². The van der Waals surface area contributed by atoms with Gasteiger partial charge in [-0.1, -0.05) is 23.2 Å². The van der Waals surface area contributed by atoms with E-state index in [0.717, 1.165) is 0 Å². The van der Waals surface area contributed by atoms with Crippen molar-refractivity contribution >= 4 is 49.8 Å². The molecule has 0 atom stereocenters. The molecule has 1 aromatic carbocycles. The quantitative estimate of drug-likeness (QED) is 0.766. The molecular formula is C12H10Cl2N4O2S. The molecule has 2 aromatic heterocycles. The minimum atomic E-state index is -3.75. The van der Waals surface area contributed by atoms with E-state index in [1.807, 2.05) is 0 Å². The van der Waals surface area contributed by atoms with Gasteiger partial charge in [0.05, 0.1) is 21.9 Å². The number of fused-ring (bicyclic) bond motifs is 1. The lowest BCUT2D eigenvalue weighted by atomic mass is 10.2. The Morgan fingerprint density at radius 3 is 2.67 bits per heavy atom. The van der Waals surface area contributed by atoms with Crippen LogP contribution in [0, 0.1) is 0 Å². The Labute approximate surface area is 130 Å². The van der Waals surface area contributed by atoms with Gasteiger partial charge in [0, 0.05) is 30.3 Å². The number of aryl methyl sites for hydroxylation is 1. The van der Waals surface area contributed by atoms with Crippen molar-refractivity contribution in [2.24, 2.45) is 7.05 Å². The summed E-state index contributed by atoms with van der Waals surface area (Å²) in [7, 11) is -2.05. The Balaban J connectivity index is 2.08. The summed E-state index contributed by atoms with van der Waals surface area (Å²) in [5.41, 5.74) is 0.975. The highest BCUT2D eigenvalue weighted by molar-refractivity contribution is 7.93. The molecule has 0 aliphatic rings. The fourth-order valence-corrected chi connectivity index (χ4v) is 3.52. The molecule has 110 valence electrons. The minimum Gasteiger partial charge on any atom is -0.360 e. The summed E-state index contributed by atoms with van der Waals surface area (Å²) >= 11 is 11.9. The first-order chi connectivity index (χ1) is 9.87. The molecule has 0 aliphatic heterocycles. The van der Waals surface area contributed by atoms with Gasteiger partial charge in [-0.25, -0.2) is 8.42 Å². The number of hydrogen-bond acceptors (Lipinski definition) is 3. The smallest absolute Gasteiger partial charge is 0.264 e. The van der Waals surface area contributed by atoms with E-state index in [2.05, 4.69) is 14.8 Å². The van der Waals surface area contributed by atoms with Crippen LogP contribution in [0.3, 0.4) is 0 Å². The first-order valence-corrected chi connectivity index (χ1v) is 8.08. The highest BCUT2D eigenvalue weighted by Gasteiger charge is 2.20. The molecule has 0 saturated heterocycles. The normalized spacial score (nSPS) is 12.0. The molecule has 3 aromatic rings. The average molecular weight is 345 g/mol. The molecule has 3 rings (SSSR count). The van der Waals surface area contributed by atoms with Crippen LogP contribution in [0.1, 0.15) is 0 Å². The van der Waals surface area contributed by atoms with Crippen LogP contribution in [0.2, 0.25) is 10.0 Å². The number of aromatic nitrogens is 3. The molecule has 2 N–H and O–H groups in total. The van der Waals surface area contributed by atoms with Crippen LogP contribution in [0.25, 0.3) is 10.9 Å². The summed E-state index contributed by atoms with van der Waals surface area (Å²) in [5, 5.41) is 5.04. The minimum absolute atomic E-state index is 0.0971. The molecule has 0 unspecified atom stereocenters. The molecule has 0 amide bonds. The molecule has 6 nitrogen and oxygen atoms in total. The summed E-state index contributed by atoms with van der Waals surface area (Å²) < 4.78 is 28.8. The van der Waals surface area contributed by atoms with Crippen molar-refractivity contribution in [3.63, 3.8) is 0 Å². The number of nitrogens with one attached hydrogen (secondary N) is 2. The highest BCUT2D eigenvalue weighted by atomic mass is 35.5. The summed E-state index contributed by atoms with van der Waals surface area (Å²) in [6.45, 7) is 0. The van der Waals surface area contributed by atoms with E-state index in [1.54, 1.807) is 19.3 Å². The Hall–Kier alpha value is -1.70. The molecule has 21 heavy (non-hydrogen) atoms. The van der Waals surface area contributed by atoms with E-state index < -0.39 is 10.0 Å². The van der Waals surface area contributed by atoms with Crippen molar-refractivity contribution in [1.29, 1.82) is 0 Å². The van der Waals surface area contributed by atoms with Gasteiger partial charge >= 0.3 is 0 Å². The van der Waals surface area contributed by atoms with Crippen molar-refractivity contribution < 1.29 is 8.42 Å². The molecule has 9 heteroatoms. The predicted octanol–water partition coefficient (Wildman–Crippen LogP) is 3.01. The third-order valence-electron chi connectivity index (χ3n) is 2.93. The zero-order valence-corrected chi connectivity index (χ0v) is 13.1. The molecule has 0 radical (unpaired) electrons. The molecule has 0 saturated carbocycles. The number of hydrogen-bond donors (Lipinski definition) is 2. The highest BCUT2D eigenvalue weighted by Crippen LogP contribution is 2.31. The standard InChI is InChI=1S/C12H10Cl2N4O2S/c1-18-6-7(4-16-18)17-21(19,20)12-5-15-11-3-10(14)9(13)2-8(11)12/h2-6,15,17H,1H3. The summed E-state index contributed by atoms with van der Waals surface area (Å²) in [6.07, 6.45) is 4.39. The van der Waals surface area contributed by atoms with Crippen molar-refractivity contribution in [3.8, 4) is 0 Å². The molecule has 0 aliphatic carbocycles. The van der Waals surface area contributed by atoms with Gasteiger partial charge in [-0.05, 0) is 12.1 Å². The van der Waals surface area contributed by atoms with Gasteiger partial charge in [-0.15, -0.1) is 0 Å². The van der Waals surface area contributed by atoms with Gasteiger partial charge in [0.25, 0.3) is 10.0 Å². The van der Waals surface area contributed by atoms with Crippen LogP contribution >= 0.6 is 23.2 Å². The SMILES string of the molecule is Cn1cc(NS(=O)(=O)c2c[nH]c3cc(Cl)c(Cl)cc23)cn1. The van der Waals surface area contributed by atoms with Crippen LogP contribution < -0.4 is 4.72 Å². The lowest BCUT2D eigenvalue weighted by Gasteiger charge is -2.05. The number of rotatable bonds is 3. The number of anilines is 1. The van der Waals surface area contributed by atoms with E-state index >= 15 is 0 Å². The fourth-order valence-electron chi connectivity index (χ4n) is 2.00. The molecule has 0 bridgehead atoms. The summed E-state index contributed by atoms with van der Waals surface area (Å²) in [5.74, 6) is 0. The Kier molecular flexibility index (Phi) is 3.35. The lowest BCUT2D eigenvalue weighted by Crippen LogP contribution is -2.12. The molecule has 2 heterocycles. The van der Waals surface area contributed by atoms with Crippen LogP contribution in [0.5, 0.6) is 0 Å². The third kappa shape index (κ3) is 2.59. The molecular weight excluding hydrogens is 335 g/mol. The maximum atomic E-state index is 12.4. The first-order valence-electron chi connectivity index (χ1n) is 5.84. The van der Waals surface area contributed by atoms with E-state index in [4.69, 9.17) is 23.2 Å². The number of halogens is 2. The zero-order chi connectivity index (χ0) is 15.2. The Bertz CT molecular complexity index is 930. The Morgan fingerprint density at radius 2 is 2.00 bits per heavy atom. The van der Waals surface area contributed by atoms with E-state index in [0.29, 0.717) is 26.6 Å². The van der Waals surface area contributed by atoms with Crippen LogP contribution in [-0.4, -0.2) is 23.2 Å². The van der Waals surface area contributed by atoms with E-state index in [-0.39, 0.29) is 4.90 Å². The summed E-state index contributed by atoms with van der Waals surface area (Å²) in [4.78, 5) is 2.97. The van der Waals surface area contributed by atoms with Gasteiger partial charge in [-0.3, -0.25) is 9.40 Å². The van der Waals surface area contributed by atoms with Crippen molar-refractivity contribution in [3.05, 3.63) is 40.8 Å². The van der Waals surface area contributed by atoms with Crippen LogP contribution in [0.15, 0.2) is 35.6 Å². The predicted molar refractivity (Wildman–Crippen MR) is 82.3 cm³/mol. The number of H-pyrrole nitrogens is 1. The number of benzene rings is 1. The van der Waals surface area contributed by atoms with Gasteiger partial charge in [0.15, 0.2) is 0 Å². The van der Waals surface area contributed by atoms with Gasteiger partial charge in [0.2, 0.25) is 0 Å². The topological polar surface area (TPSA) is 79.8 Å². The first kappa shape index (κ1) is 14.2. The van der Waals surface area contributed by atoms with Crippen LogP contribution in [-0.2, 0) is 17.1 Å². The van der Waals surface area contributed by atoms with E-state index in [1.165, 1.54) is 23.1 Å². The van der Waals surface area contributed by atoms with Crippen molar-refractivity contribution in [1.82, 2.24) is 14.8 Å². The second-order valence-electron chi connectivity index (χ2n) is 4.47. The fraction of sp³-hybridized carbons (Fsp3) is 0.0833. The van der Waals surface area contributed by atoms with Crippen molar-refractivity contribution in [2.75, 3.05) is 4.72 Å². The monoisotopic (exact) mass is 344 g/mol. The number of sulfonamides is 1. The van der Waals surface area contributed by atoms with Gasteiger partial charge < -0.3 is 4.98 Å². The maximum absolute atomic E-state index is 12.4. The number of aromatic amines is 1. The van der Waals surface area contributed by atoms with Crippen LogP contribution in [0.4, 0.5) is 5.69 Å². The third-order valence-corrected chi connectivity index (χ3v) is 5.07. The zero-order valence-electron chi connectivity index (χ0n) is 10.8. The maximum Gasteiger partial charge on any atom is 0.264 e.